The first-order valence-electron chi connectivity index (χ1n) is 6.95. The highest BCUT2D eigenvalue weighted by Crippen LogP contribution is 2.17. The van der Waals surface area contributed by atoms with E-state index in [9.17, 15) is 5.11 Å². The van der Waals surface area contributed by atoms with Crippen molar-refractivity contribution in [3.05, 3.63) is 53.4 Å². The summed E-state index contributed by atoms with van der Waals surface area (Å²) in [6.45, 7) is 2.73. The van der Waals surface area contributed by atoms with Crippen LogP contribution in [-0.4, -0.2) is 30.4 Å². The summed E-state index contributed by atoms with van der Waals surface area (Å²) in [7, 11) is 0. The number of hydrogen-bond donors (Lipinski definition) is 2. The molecule has 1 heterocycles. The Kier molecular flexibility index (Phi) is 6.11. The number of aliphatic hydroxyl groups excluding tert-OH is 1. The third-order valence-corrected chi connectivity index (χ3v) is 3.26. The van der Waals surface area contributed by atoms with E-state index in [1.165, 1.54) is 0 Å². The second-order valence-electron chi connectivity index (χ2n) is 5.01. The van der Waals surface area contributed by atoms with Crippen LogP contribution in [0.4, 0.5) is 0 Å². The molecule has 0 amide bonds. The Labute approximate surface area is 129 Å². The minimum atomic E-state index is -0.581. The van der Waals surface area contributed by atoms with E-state index in [-0.39, 0.29) is 12.6 Å². The number of benzene rings is 1. The average Bonchev–Trinajstić information content (AvgIpc) is 2.96. The second-order valence-corrected chi connectivity index (χ2v) is 5.45. The predicted molar refractivity (Wildman–Crippen MR) is 82.8 cm³/mol. The maximum Gasteiger partial charge on any atom is 0.120 e. The van der Waals surface area contributed by atoms with Crippen molar-refractivity contribution in [1.82, 2.24) is 5.32 Å². The summed E-state index contributed by atoms with van der Waals surface area (Å²) in [6, 6.07) is 11.2. The Morgan fingerprint density at radius 3 is 2.90 bits per heavy atom. The zero-order chi connectivity index (χ0) is 15.1. The zero-order valence-corrected chi connectivity index (χ0v) is 12.7. The van der Waals surface area contributed by atoms with E-state index in [0.29, 0.717) is 17.3 Å². The number of ether oxygens (including phenoxy) is 1. The van der Waals surface area contributed by atoms with Crippen molar-refractivity contribution in [3.63, 3.8) is 0 Å². The molecular weight excluding hydrogens is 290 g/mol. The molecule has 21 heavy (non-hydrogen) atoms. The van der Waals surface area contributed by atoms with Crippen LogP contribution in [0.15, 0.2) is 47.1 Å². The highest BCUT2D eigenvalue weighted by molar-refractivity contribution is 6.30. The lowest BCUT2D eigenvalue weighted by atomic mass is 10.2. The molecule has 2 aromatic rings. The largest absolute Gasteiger partial charge is 0.491 e. The number of hydrogen-bond acceptors (Lipinski definition) is 4. The minimum absolute atomic E-state index is 0.219. The van der Waals surface area contributed by atoms with Gasteiger partial charge >= 0.3 is 0 Å². The van der Waals surface area contributed by atoms with E-state index < -0.39 is 6.10 Å². The summed E-state index contributed by atoms with van der Waals surface area (Å²) in [5.41, 5.74) is 0. The van der Waals surface area contributed by atoms with Gasteiger partial charge in [0.2, 0.25) is 0 Å². The van der Waals surface area contributed by atoms with E-state index in [2.05, 4.69) is 5.32 Å². The summed E-state index contributed by atoms with van der Waals surface area (Å²) in [4.78, 5) is 0. The first-order chi connectivity index (χ1) is 10.1. The molecule has 0 saturated carbocycles. The van der Waals surface area contributed by atoms with Gasteiger partial charge in [0.15, 0.2) is 0 Å². The van der Waals surface area contributed by atoms with Gasteiger partial charge in [0.05, 0.1) is 6.26 Å². The van der Waals surface area contributed by atoms with Gasteiger partial charge in [-0.1, -0.05) is 17.7 Å². The van der Waals surface area contributed by atoms with Crippen LogP contribution in [0.2, 0.25) is 5.02 Å². The normalized spacial score (nSPS) is 13.9. The van der Waals surface area contributed by atoms with Gasteiger partial charge in [0.1, 0.15) is 24.2 Å². The molecule has 0 bridgehead atoms. The summed E-state index contributed by atoms with van der Waals surface area (Å²) < 4.78 is 10.8. The van der Waals surface area contributed by atoms with Crippen molar-refractivity contribution in [2.24, 2.45) is 0 Å². The molecule has 2 N–H and O–H groups in total. The summed E-state index contributed by atoms with van der Waals surface area (Å²) >= 11 is 5.87. The SMILES string of the molecule is CC(Cc1ccco1)NCC(O)COc1cccc(Cl)c1. The van der Waals surface area contributed by atoms with Crippen LogP contribution in [0.25, 0.3) is 0 Å². The first kappa shape index (κ1) is 15.9. The molecule has 2 rings (SSSR count). The minimum Gasteiger partial charge on any atom is -0.491 e. The van der Waals surface area contributed by atoms with Gasteiger partial charge in [-0.3, -0.25) is 0 Å². The van der Waals surface area contributed by atoms with Crippen LogP contribution in [0.3, 0.4) is 0 Å². The Bertz CT molecular complexity index is 530. The number of nitrogens with one attached hydrogen (secondary N) is 1. The van der Waals surface area contributed by atoms with E-state index in [1.807, 2.05) is 31.2 Å². The fourth-order valence-corrected chi connectivity index (χ4v) is 2.13. The fraction of sp³-hybridized carbons (Fsp3) is 0.375. The van der Waals surface area contributed by atoms with Crippen molar-refractivity contribution >= 4 is 11.6 Å². The fourth-order valence-electron chi connectivity index (χ4n) is 1.95. The second kappa shape index (κ2) is 8.08. The van der Waals surface area contributed by atoms with Crippen LogP contribution in [0.1, 0.15) is 12.7 Å². The van der Waals surface area contributed by atoms with Crippen LogP contribution < -0.4 is 10.1 Å². The Morgan fingerprint density at radius 2 is 2.19 bits per heavy atom. The molecule has 0 fully saturated rings. The van der Waals surface area contributed by atoms with E-state index in [1.54, 1.807) is 18.4 Å². The number of halogens is 1. The molecule has 0 radical (unpaired) electrons. The average molecular weight is 310 g/mol. The molecular formula is C16H20ClNO3. The van der Waals surface area contributed by atoms with E-state index in [4.69, 9.17) is 20.8 Å². The Morgan fingerprint density at radius 1 is 1.33 bits per heavy atom. The molecule has 4 nitrogen and oxygen atoms in total. The predicted octanol–water partition coefficient (Wildman–Crippen LogP) is 2.89. The summed E-state index contributed by atoms with van der Waals surface area (Å²) in [5.74, 6) is 1.59. The first-order valence-corrected chi connectivity index (χ1v) is 7.33. The van der Waals surface area contributed by atoms with Gasteiger partial charge in [-0.2, -0.15) is 0 Å². The maximum absolute atomic E-state index is 9.91. The Balaban J connectivity index is 1.66. The van der Waals surface area contributed by atoms with Crippen molar-refractivity contribution in [2.45, 2.75) is 25.5 Å². The van der Waals surface area contributed by atoms with Gasteiger partial charge in [0, 0.05) is 24.0 Å². The molecule has 0 aliphatic rings. The van der Waals surface area contributed by atoms with E-state index in [0.717, 1.165) is 12.2 Å². The van der Waals surface area contributed by atoms with Crippen LogP contribution in [0, 0.1) is 0 Å². The third-order valence-electron chi connectivity index (χ3n) is 3.03. The highest BCUT2D eigenvalue weighted by atomic mass is 35.5. The number of furan rings is 1. The molecule has 0 aliphatic carbocycles. The number of aliphatic hydroxyl groups is 1. The molecule has 2 atom stereocenters. The quantitative estimate of drug-likeness (QED) is 0.787. The van der Waals surface area contributed by atoms with Gasteiger partial charge in [-0.15, -0.1) is 0 Å². The standard InChI is InChI=1S/C16H20ClNO3/c1-12(8-15-6-3-7-20-15)18-10-14(19)11-21-16-5-2-4-13(17)9-16/h2-7,9,12,14,18-19H,8,10-11H2,1H3. The van der Waals surface area contributed by atoms with Crippen molar-refractivity contribution < 1.29 is 14.3 Å². The van der Waals surface area contributed by atoms with Crippen LogP contribution in [0.5, 0.6) is 5.75 Å². The highest BCUT2D eigenvalue weighted by Gasteiger charge is 2.09. The lowest BCUT2D eigenvalue weighted by Crippen LogP contribution is -2.37. The van der Waals surface area contributed by atoms with Crippen molar-refractivity contribution in [1.29, 1.82) is 0 Å². The maximum atomic E-state index is 9.91. The van der Waals surface area contributed by atoms with Crippen molar-refractivity contribution in [2.75, 3.05) is 13.2 Å². The van der Waals surface area contributed by atoms with Gasteiger partial charge < -0.3 is 19.6 Å². The van der Waals surface area contributed by atoms with Crippen LogP contribution in [-0.2, 0) is 6.42 Å². The summed E-state index contributed by atoms with van der Waals surface area (Å²) in [6.07, 6.45) is 1.87. The molecule has 1 aromatic carbocycles. The van der Waals surface area contributed by atoms with Gasteiger partial charge in [0.25, 0.3) is 0 Å². The molecule has 0 spiro atoms. The molecule has 0 saturated heterocycles. The molecule has 5 heteroatoms. The Hall–Kier alpha value is -1.49. The smallest absolute Gasteiger partial charge is 0.120 e. The molecule has 114 valence electrons. The lowest BCUT2D eigenvalue weighted by molar-refractivity contribution is 0.104. The lowest BCUT2D eigenvalue weighted by Gasteiger charge is -2.17. The van der Waals surface area contributed by atoms with Gasteiger partial charge in [-0.25, -0.2) is 0 Å². The molecule has 1 aromatic heterocycles. The number of rotatable bonds is 8. The third kappa shape index (κ3) is 5.79. The van der Waals surface area contributed by atoms with E-state index >= 15 is 0 Å². The summed E-state index contributed by atoms with van der Waals surface area (Å²) in [5, 5.41) is 13.8. The topological polar surface area (TPSA) is 54.6 Å². The van der Waals surface area contributed by atoms with Gasteiger partial charge in [-0.05, 0) is 37.3 Å². The van der Waals surface area contributed by atoms with Crippen molar-refractivity contribution in [3.8, 4) is 5.75 Å². The van der Waals surface area contributed by atoms with Crippen LogP contribution >= 0.6 is 11.6 Å². The zero-order valence-electron chi connectivity index (χ0n) is 12.0. The monoisotopic (exact) mass is 309 g/mol. The molecule has 0 aliphatic heterocycles. The molecule has 2 unspecified atom stereocenters.